The highest BCUT2D eigenvalue weighted by Gasteiger charge is 2.28. The number of nitrogens with zero attached hydrogens (tertiary/aromatic N) is 2. The standard InChI is InChI=1S/2C19H20Cl2N2O3S/c2*1-11(2)17-10-26-19(22-17)16-6-4-5-12(3)18(16)23-27(24,25)15-8-13(20)7-14(21)9-15/h2*4-9,11,17,23H,10H2,1-3H3/t2*17-/m10/s1. The van der Waals surface area contributed by atoms with E-state index in [0.29, 0.717) is 59.3 Å². The first-order valence-electron chi connectivity index (χ1n) is 16.9. The van der Waals surface area contributed by atoms with E-state index in [1.54, 1.807) is 12.1 Å². The zero-order chi connectivity index (χ0) is 39.5. The minimum absolute atomic E-state index is 0.0106. The molecule has 0 amide bonds. The zero-order valence-corrected chi connectivity index (χ0v) is 35.0. The van der Waals surface area contributed by atoms with Crippen molar-refractivity contribution in [2.24, 2.45) is 21.8 Å². The number of hydrogen-bond acceptors (Lipinski definition) is 8. The van der Waals surface area contributed by atoms with Crippen molar-refractivity contribution in [2.75, 3.05) is 22.7 Å². The number of rotatable bonds is 10. The summed E-state index contributed by atoms with van der Waals surface area (Å²) in [7, 11) is -7.78. The molecule has 2 heterocycles. The SMILES string of the molecule is Cc1cccc(C2=N[C@@H](C(C)C)CO2)c1NS(=O)(=O)c1cc(Cl)cc(Cl)c1.Cc1cccc(C2=N[C@H](C(C)C)CO2)c1NS(=O)(=O)c1cc(Cl)cc(Cl)c1. The maximum absolute atomic E-state index is 12.9. The second-order valence-corrected chi connectivity index (χ2v) is 18.6. The van der Waals surface area contributed by atoms with E-state index in [2.05, 4.69) is 47.1 Å². The summed E-state index contributed by atoms with van der Waals surface area (Å²) in [6.07, 6.45) is 0. The van der Waals surface area contributed by atoms with Gasteiger partial charge in [0.15, 0.2) is 0 Å². The van der Waals surface area contributed by atoms with Gasteiger partial charge in [0.05, 0.1) is 44.4 Å². The third-order valence-electron chi connectivity index (χ3n) is 8.66. The van der Waals surface area contributed by atoms with Gasteiger partial charge in [0.25, 0.3) is 20.0 Å². The monoisotopic (exact) mass is 852 g/mol. The van der Waals surface area contributed by atoms with Crippen LogP contribution in [0, 0.1) is 25.7 Å². The first-order valence-corrected chi connectivity index (χ1v) is 21.4. The molecular formula is C38H40Cl4N4O6S2. The summed E-state index contributed by atoms with van der Waals surface area (Å²) in [5.41, 5.74) is 3.57. The molecule has 10 nitrogen and oxygen atoms in total. The smallest absolute Gasteiger partial charge is 0.262 e. The normalized spacial score (nSPS) is 17.0. The minimum atomic E-state index is -3.89. The first kappa shape index (κ1) is 41.6. The van der Waals surface area contributed by atoms with Gasteiger partial charge in [-0.2, -0.15) is 0 Å². The van der Waals surface area contributed by atoms with Crippen molar-refractivity contribution in [1.29, 1.82) is 0 Å². The van der Waals surface area contributed by atoms with Crippen LogP contribution in [0.4, 0.5) is 11.4 Å². The molecule has 2 N–H and O–H groups in total. The van der Waals surface area contributed by atoms with E-state index in [9.17, 15) is 16.8 Å². The molecule has 2 aliphatic heterocycles. The van der Waals surface area contributed by atoms with E-state index < -0.39 is 20.0 Å². The third-order valence-corrected chi connectivity index (χ3v) is 12.2. The largest absolute Gasteiger partial charge is 0.475 e. The van der Waals surface area contributed by atoms with Gasteiger partial charge in [0.2, 0.25) is 11.8 Å². The Labute approximate surface area is 337 Å². The van der Waals surface area contributed by atoms with Gasteiger partial charge in [-0.25, -0.2) is 26.8 Å². The van der Waals surface area contributed by atoms with E-state index in [1.807, 2.05) is 38.1 Å². The predicted octanol–water partition coefficient (Wildman–Crippen LogP) is 9.81. The Morgan fingerprint density at radius 1 is 0.593 bits per heavy atom. The van der Waals surface area contributed by atoms with E-state index >= 15 is 0 Å². The van der Waals surface area contributed by atoms with Crippen LogP contribution in [-0.2, 0) is 29.5 Å². The van der Waals surface area contributed by atoms with Crippen LogP contribution in [0.5, 0.6) is 0 Å². The van der Waals surface area contributed by atoms with E-state index in [4.69, 9.17) is 55.9 Å². The Kier molecular flexibility index (Phi) is 13.2. The highest BCUT2D eigenvalue weighted by atomic mass is 35.5. The number of hydrogen-bond donors (Lipinski definition) is 2. The Morgan fingerprint density at radius 2 is 0.926 bits per heavy atom. The number of ether oxygens (including phenoxy) is 2. The molecule has 2 atom stereocenters. The van der Waals surface area contributed by atoms with Gasteiger partial charge in [-0.05, 0) is 85.3 Å². The van der Waals surface area contributed by atoms with Crippen LogP contribution in [0.25, 0.3) is 0 Å². The molecule has 4 aromatic rings. The molecule has 4 aromatic carbocycles. The second kappa shape index (κ2) is 17.1. The lowest BCUT2D eigenvalue weighted by atomic mass is 10.1. The van der Waals surface area contributed by atoms with Gasteiger partial charge >= 0.3 is 0 Å². The fourth-order valence-corrected chi connectivity index (χ4v) is 9.23. The first-order chi connectivity index (χ1) is 25.3. The van der Waals surface area contributed by atoms with E-state index in [0.717, 1.165) is 11.1 Å². The van der Waals surface area contributed by atoms with Crippen LogP contribution in [-0.4, -0.2) is 53.9 Å². The van der Waals surface area contributed by atoms with Crippen molar-refractivity contribution in [1.82, 2.24) is 0 Å². The zero-order valence-electron chi connectivity index (χ0n) is 30.3. The lowest BCUT2D eigenvalue weighted by molar-refractivity contribution is 0.292. The molecule has 16 heteroatoms. The third kappa shape index (κ3) is 10.0. The maximum Gasteiger partial charge on any atom is 0.262 e. The minimum Gasteiger partial charge on any atom is -0.475 e. The summed E-state index contributed by atoms with van der Waals surface area (Å²) in [5, 5.41) is 0.986. The summed E-state index contributed by atoms with van der Waals surface area (Å²) in [5.74, 6) is 1.56. The van der Waals surface area contributed by atoms with Gasteiger partial charge in [-0.3, -0.25) is 9.44 Å². The predicted molar refractivity (Wildman–Crippen MR) is 219 cm³/mol. The number of halogens is 4. The van der Waals surface area contributed by atoms with Crippen LogP contribution >= 0.6 is 46.4 Å². The average molecular weight is 855 g/mol. The molecule has 288 valence electrons. The number of aryl methyl sites for hydroxylation is 2. The molecule has 0 spiro atoms. The van der Waals surface area contributed by atoms with Crippen molar-refractivity contribution in [3.05, 3.63) is 115 Å². The summed E-state index contributed by atoms with van der Waals surface area (Å²) >= 11 is 23.8. The van der Waals surface area contributed by atoms with Gasteiger partial charge < -0.3 is 9.47 Å². The summed E-state index contributed by atoms with van der Waals surface area (Å²) in [4.78, 5) is 9.19. The molecule has 0 fully saturated rings. The number of nitrogens with one attached hydrogen (secondary N) is 2. The Balaban J connectivity index is 0.000000208. The highest BCUT2D eigenvalue weighted by molar-refractivity contribution is 7.93. The molecule has 0 saturated carbocycles. The Morgan fingerprint density at radius 3 is 1.22 bits per heavy atom. The molecule has 0 bridgehead atoms. The fourth-order valence-electron chi connectivity index (χ4n) is 5.47. The topological polar surface area (TPSA) is 136 Å². The second-order valence-electron chi connectivity index (χ2n) is 13.5. The van der Waals surface area contributed by atoms with Gasteiger partial charge in [-0.1, -0.05) is 98.4 Å². The van der Waals surface area contributed by atoms with Gasteiger partial charge in [0, 0.05) is 20.1 Å². The fraction of sp³-hybridized carbons (Fsp3) is 0.316. The summed E-state index contributed by atoms with van der Waals surface area (Å²) in [6, 6.07) is 19.4. The Bertz CT molecular complexity index is 2130. The molecule has 0 aromatic heterocycles. The molecule has 0 saturated heterocycles. The van der Waals surface area contributed by atoms with Crippen LogP contribution in [0.1, 0.15) is 49.9 Å². The molecule has 0 unspecified atom stereocenters. The maximum atomic E-state index is 12.9. The van der Waals surface area contributed by atoms with Crippen molar-refractivity contribution in [2.45, 2.75) is 63.4 Å². The van der Waals surface area contributed by atoms with Gasteiger partial charge in [-0.15, -0.1) is 0 Å². The van der Waals surface area contributed by atoms with Crippen molar-refractivity contribution in [3.63, 3.8) is 0 Å². The number of aliphatic imine (C=N–C) groups is 2. The molecule has 54 heavy (non-hydrogen) atoms. The van der Waals surface area contributed by atoms with Crippen LogP contribution in [0.15, 0.2) is 92.6 Å². The highest BCUT2D eigenvalue weighted by Crippen LogP contribution is 2.32. The van der Waals surface area contributed by atoms with Crippen LogP contribution in [0.3, 0.4) is 0 Å². The number of benzene rings is 4. The lowest BCUT2D eigenvalue weighted by Crippen LogP contribution is -2.17. The number of para-hydroxylation sites is 2. The summed E-state index contributed by atoms with van der Waals surface area (Å²) < 4.78 is 68.3. The Hall–Kier alpha value is -3.52. The van der Waals surface area contributed by atoms with E-state index in [1.165, 1.54) is 36.4 Å². The molecule has 0 radical (unpaired) electrons. The van der Waals surface area contributed by atoms with Crippen LogP contribution in [0.2, 0.25) is 20.1 Å². The van der Waals surface area contributed by atoms with Crippen LogP contribution < -0.4 is 9.44 Å². The number of anilines is 2. The molecule has 6 rings (SSSR count). The van der Waals surface area contributed by atoms with E-state index in [-0.39, 0.29) is 42.0 Å². The molecule has 0 aliphatic carbocycles. The van der Waals surface area contributed by atoms with Crippen molar-refractivity contribution in [3.8, 4) is 0 Å². The quantitative estimate of drug-likeness (QED) is 0.163. The lowest BCUT2D eigenvalue weighted by Gasteiger charge is -2.15. The van der Waals surface area contributed by atoms with Gasteiger partial charge in [0.1, 0.15) is 13.2 Å². The van der Waals surface area contributed by atoms with Crippen molar-refractivity contribution < 1.29 is 26.3 Å². The summed E-state index contributed by atoms with van der Waals surface area (Å²) in [6.45, 7) is 12.9. The molecule has 2 aliphatic rings. The average Bonchev–Trinajstić information content (AvgIpc) is 3.78. The molecular weight excluding hydrogens is 814 g/mol. The van der Waals surface area contributed by atoms with Crippen molar-refractivity contribution >= 4 is 89.6 Å². The number of sulfonamides is 2.